The van der Waals surface area contributed by atoms with Crippen molar-refractivity contribution in [3.05, 3.63) is 64.4 Å². The number of benzene rings is 2. The van der Waals surface area contributed by atoms with E-state index in [9.17, 15) is 0 Å². The van der Waals surface area contributed by atoms with Gasteiger partial charge < -0.3 is 14.0 Å². The molecule has 0 aliphatic heterocycles. The maximum atomic E-state index is 6.11. The van der Waals surface area contributed by atoms with E-state index in [0.717, 1.165) is 28.0 Å². The molecule has 26 heavy (non-hydrogen) atoms. The normalized spacial score (nSPS) is 10.8. The zero-order valence-corrected chi connectivity index (χ0v) is 16.5. The van der Waals surface area contributed by atoms with Crippen molar-refractivity contribution in [2.75, 3.05) is 7.11 Å². The van der Waals surface area contributed by atoms with Gasteiger partial charge in [-0.15, -0.1) is 10.2 Å². The van der Waals surface area contributed by atoms with Gasteiger partial charge in [0, 0.05) is 18.4 Å². The Morgan fingerprint density at radius 1 is 1.12 bits per heavy atom. The number of thioether (sulfide) groups is 1. The molecule has 0 amide bonds. The molecule has 5 nitrogen and oxygen atoms in total. The summed E-state index contributed by atoms with van der Waals surface area (Å²) < 4.78 is 13.1. The summed E-state index contributed by atoms with van der Waals surface area (Å²) in [6.45, 7) is 2.38. The maximum absolute atomic E-state index is 6.11. The van der Waals surface area contributed by atoms with Crippen LogP contribution in [-0.4, -0.2) is 21.9 Å². The van der Waals surface area contributed by atoms with Gasteiger partial charge in [-0.2, -0.15) is 0 Å². The van der Waals surface area contributed by atoms with Crippen LogP contribution in [0.5, 0.6) is 11.5 Å². The summed E-state index contributed by atoms with van der Waals surface area (Å²) in [6, 6.07) is 13.5. The van der Waals surface area contributed by atoms with Crippen LogP contribution in [0.3, 0.4) is 0 Å². The minimum Gasteiger partial charge on any atom is -0.496 e. The van der Waals surface area contributed by atoms with E-state index in [0.29, 0.717) is 17.4 Å². The van der Waals surface area contributed by atoms with Crippen LogP contribution < -0.4 is 9.47 Å². The summed E-state index contributed by atoms with van der Waals surface area (Å²) in [6.07, 6.45) is 0. The van der Waals surface area contributed by atoms with E-state index in [-0.39, 0.29) is 0 Å². The number of hydrogen-bond donors (Lipinski definition) is 0. The first kappa shape index (κ1) is 18.6. The summed E-state index contributed by atoms with van der Waals surface area (Å²) in [5, 5.41) is 9.90. The van der Waals surface area contributed by atoms with Crippen molar-refractivity contribution >= 4 is 23.4 Å². The predicted octanol–water partition coefficient (Wildman–Crippen LogP) is 4.66. The van der Waals surface area contributed by atoms with E-state index >= 15 is 0 Å². The van der Waals surface area contributed by atoms with Crippen molar-refractivity contribution in [1.29, 1.82) is 0 Å². The van der Waals surface area contributed by atoms with Gasteiger partial charge >= 0.3 is 0 Å². The van der Waals surface area contributed by atoms with Crippen LogP contribution in [-0.2, 0) is 19.4 Å². The van der Waals surface area contributed by atoms with Crippen LogP contribution in [0.1, 0.15) is 17.0 Å². The molecule has 0 fully saturated rings. The van der Waals surface area contributed by atoms with Gasteiger partial charge in [-0.3, -0.25) is 0 Å². The van der Waals surface area contributed by atoms with Crippen molar-refractivity contribution in [2.24, 2.45) is 7.05 Å². The standard InChI is InChI=1S/C19H20ClN3O2S/c1-13-8-9-16(24-3)14(10-13)12-26-19-22-21-18(23(19)2)11-25-17-7-5-4-6-15(17)20/h4-10H,11-12H2,1-3H3. The Morgan fingerprint density at radius 3 is 2.69 bits per heavy atom. The molecule has 1 heterocycles. The van der Waals surface area contributed by atoms with E-state index in [1.165, 1.54) is 5.56 Å². The molecule has 0 N–H and O–H groups in total. The number of ether oxygens (including phenoxy) is 2. The molecule has 0 aliphatic rings. The van der Waals surface area contributed by atoms with Crippen LogP contribution in [0.25, 0.3) is 0 Å². The molecule has 1 aromatic heterocycles. The zero-order valence-electron chi connectivity index (χ0n) is 14.9. The molecule has 7 heteroatoms. The summed E-state index contributed by atoms with van der Waals surface area (Å²) in [5.74, 6) is 3.01. The number of hydrogen-bond acceptors (Lipinski definition) is 5. The van der Waals surface area contributed by atoms with Gasteiger partial charge in [0.1, 0.15) is 18.1 Å². The lowest BCUT2D eigenvalue weighted by Crippen LogP contribution is -2.04. The Labute approximate surface area is 162 Å². The summed E-state index contributed by atoms with van der Waals surface area (Å²) in [4.78, 5) is 0. The van der Waals surface area contributed by atoms with Gasteiger partial charge in [0.05, 0.1) is 12.1 Å². The molecule has 0 aliphatic carbocycles. The molecule has 0 unspecified atom stereocenters. The highest BCUT2D eigenvalue weighted by Gasteiger charge is 2.12. The van der Waals surface area contributed by atoms with Crippen molar-refractivity contribution in [3.8, 4) is 11.5 Å². The molecule has 3 aromatic rings. The van der Waals surface area contributed by atoms with Gasteiger partial charge in [-0.25, -0.2) is 0 Å². The summed E-state index contributed by atoms with van der Waals surface area (Å²) in [5.41, 5.74) is 2.34. The topological polar surface area (TPSA) is 49.2 Å². The molecule has 0 saturated heterocycles. The van der Waals surface area contributed by atoms with E-state index in [4.69, 9.17) is 21.1 Å². The fourth-order valence-electron chi connectivity index (χ4n) is 2.46. The lowest BCUT2D eigenvalue weighted by molar-refractivity contribution is 0.290. The quantitative estimate of drug-likeness (QED) is 0.550. The minimum atomic E-state index is 0.307. The highest BCUT2D eigenvalue weighted by Crippen LogP contribution is 2.28. The number of aromatic nitrogens is 3. The van der Waals surface area contributed by atoms with E-state index in [1.54, 1.807) is 24.9 Å². The Morgan fingerprint density at radius 2 is 1.92 bits per heavy atom. The summed E-state index contributed by atoms with van der Waals surface area (Å²) in [7, 11) is 3.62. The third-order valence-corrected chi connectivity index (χ3v) is 5.29. The van der Waals surface area contributed by atoms with Crippen LogP contribution >= 0.6 is 23.4 Å². The highest BCUT2D eigenvalue weighted by atomic mass is 35.5. The van der Waals surface area contributed by atoms with Gasteiger partial charge in [0.2, 0.25) is 0 Å². The van der Waals surface area contributed by atoms with Gasteiger partial charge in [-0.05, 0) is 25.1 Å². The minimum absolute atomic E-state index is 0.307. The lowest BCUT2D eigenvalue weighted by atomic mass is 10.1. The second kappa shape index (κ2) is 8.47. The molecule has 3 rings (SSSR count). The number of aryl methyl sites for hydroxylation is 1. The summed E-state index contributed by atoms with van der Waals surface area (Å²) >= 11 is 7.72. The molecule has 0 atom stereocenters. The number of nitrogens with zero attached hydrogens (tertiary/aromatic N) is 3. The molecule has 136 valence electrons. The smallest absolute Gasteiger partial charge is 0.191 e. The number of rotatable bonds is 7. The van der Waals surface area contributed by atoms with Crippen LogP contribution in [0.4, 0.5) is 0 Å². The van der Waals surface area contributed by atoms with Crippen LogP contribution in [0.2, 0.25) is 5.02 Å². The lowest BCUT2D eigenvalue weighted by Gasteiger charge is -2.10. The average Bonchev–Trinajstić information content (AvgIpc) is 2.99. The highest BCUT2D eigenvalue weighted by molar-refractivity contribution is 7.98. The molecule has 0 bridgehead atoms. The third kappa shape index (κ3) is 4.31. The first-order valence-corrected chi connectivity index (χ1v) is 9.46. The SMILES string of the molecule is COc1ccc(C)cc1CSc1nnc(COc2ccccc2Cl)n1C. The number of halogens is 1. The second-order valence-corrected chi connectivity index (χ2v) is 7.13. The Bertz CT molecular complexity index is 898. The second-order valence-electron chi connectivity index (χ2n) is 5.78. The van der Waals surface area contributed by atoms with Crippen molar-refractivity contribution < 1.29 is 9.47 Å². The largest absolute Gasteiger partial charge is 0.496 e. The first-order chi connectivity index (χ1) is 12.6. The van der Waals surface area contributed by atoms with Gasteiger partial charge in [-0.1, -0.05) is 53.2 Å². The Hall–Kier alpha value is -2.18. The van der Waals surface area contributed by atoms with E-state index in [2.05, 4.69) is 23.2 Å². The molecule has 2 aromatic carbocycles. The molecular weight excluding hydrogens is 370 g/mol. The van der Waals surface area contributed by atoms with Gasteiger partial charge in [0.25, 0.3) is 0 Å². The zero-order chi connectivity index (χ0) is 18.5. The molecule has 0 spiro atoms. The third-order valence-electron chi connectivity index (χ3n) is 3.91. The first-order valence-electron chi connectivity index (χ1n) is 8.10. The maximum Gasteiger partial charge on any atom is 0.191 e. The molecular formula is C19H20ClN3O2S. The van der Waals surface area contributed by atoms with E-state index in [1.807, 2.05) is 41.9 Å². The Balaban J connectivity index is 1.66. The average molecular weight is 390 g/mol. The van der Waals surface area contributed by atoms with Crippen LogP contribution in [0.15, 0.2) is 47.6 Å². The monoisotopic (exact) mass is 389 g/mol. The van der Waals surface area contributed by atoms with Crippen molar-refractivity contribution in [3.63, 3.8) is 0 Å². The van der Waals surface area contributed by atoms with Gasteiger partial charge in [0.15, 0.2) is 11.0 Å². The predicted molar refractivity (Wildman–Crippen MR) is 104 cm³/mol. The van der Waals surface area contributed by atoms with E-state index < -0.39 is 0 Å². The molecule has 0 radical (unpaired) electrons. The van der Waals surface area contributed by atoms with Crippen molar-refractivity contribution in [2.45, 2.75) is 24.4 Å². The van der Waals surface area contributed by atoms with Crippen molar-refractivity contribution in [1.82, 2.24) is 14.8 Å². The molecule has 0 saturated carbocycles. The number of para-hydroxylation sites is 1. The Kier molecular flexibility index (Phi) is 6.06. The fraction of sp³-hybridized carbons (Fsp3) is 0.263. The fourth-order valence-corrected chi connectivity index (χ4v) is 3.56. The number of methoxy groups -OCH3 is 1. The van der Waals surface area contributed by atoms with Crippen LogP contribution in [0, 0.1) is 6.92 Å².